The fourth-order valence-corrected chi connectivity index (χ4v) is 3.69. The number of rotatable bonds is 6. The lowest BCUT2D eigenvalue weighted by molar-refractivity contribution is -0.176. The van der Waals surface area contributed by atoms with E-state index in [2.05, 4.69) is 12.0 Å². The maximum Gasteiger partial charge on any atom is 0.401 e. The molecular weight excluding hydrogens is 411 g/mol. The summed E-state index contributed by atoms with van der Waals surface area (Å²) in [7, 11) is 0. The zero-order valence-electron chi connectivity index (χ0n) is 15.9. The summed E-state index contributed by atoms with van der Waals surface area (Å²) in [5.41, 5.74) is 0.870. The molecule has 4 nitrogen and oxygen atoms in total. The Balaban J connectivity index is 2.37. The number of amides is 1. The molecule has 1 aromatic rings. The van der Waals surface area contributed by atoms with Crippen molar-refractivity contribution in [1.29, 1.82) is 0 Å². The van der Waals surface area contributed by atoms with Gasteiger partial charge in [-0.2, -0.15) is 30.0 Å². The molecule has 0 saturated carbocycles. The summed E-state index contributed by atoms with van der Waals surface area (Å²) in [6.45, 7) is 3.76. The molecule has 0 bridgehead atoms. The van der Waals surface area contributed by atoms with Gasteiger partial charge in [0.25, 0.3) is 0 Å². The van der Waals surface area contributed by atoms with E-state index < -0.39 is 18.0 Å². The molecule has 2 atom stereocenters. The number of allylic oxidation sites excluding steroid dienone is 6. The molecule has 0 aliphatic heterocycles. The Morgan fingerprint density at radius 2 is 2.21 bits per heavy atom. The van der Waals surface area contributed by atoms with Crippen molar-refractivity contribution in [3.05, 3.63) is 41.7 Å². The third kappa shape index (κ3) is 5.44. The Kier molecular flexibility index (Phi) is 7.83. The molecule has 0 fully saturated rings. The van der Waals surface area contributed by atoms with Crippen LogP contribution in [-0.4, -0.2) is 40.4 Å². The zero-order chi connectivity index (χ0) is 20.9. The average Bonchev–Trinajstić information content (AvgIpc) is 2.97. The predicted molar refractivity (Wildman–Crippen MR) is 110 cm³/mol. The van der Waals surface area contributed by atoms with E-state index in [9.17, 15) is 18.0 Å². The number of nitrogens with zero attached hydrogens (tertiary/aromatic N) is 3. The molecule has 0 aromatic carbocycles. The van der Waals surface area contributed by atoms with Crippen molar-refractivity contribution in [2.45, 2.75) is 26.4 Å². The van der Waals surface area contributed by atoms with Gasteiger partial charge in [0.15, 0.2) is 5.15 Å². The van der Waals surface area contributed by atoms with E-state index in [-0.39, 0.29) is 23.1 Å². The lowest BCUT2D eigenvalue weighted by atomic mass is 10.1. The van der Waals surface area contributed by atoms with E-state index in [1.165, 1.54) is 17.1 Å². The normalized spacial score (nSPS) is 18.4. The van der Waals surface area contributed by atoms with Crippen LogP contribution in [0.5, 0.6) is 0 Å². The molecule has 1 aliphatic carbocycles. The van der Waals surface area contributed by atoms with Crippen molar-refractivity contribution in [1.82, 2.24) is 9.78 Å². The van der Waals surface area contributed by atoms with Crippen molar-refractivity contribution in [2.24, 2.45) is 11.8 Å². The quantitative estimate of drug-likeness (QED) is 0.600. The van der Waals surface area contributed by atoms with Gasteiger partial charge < -0.3 is 4.90 Å². The first-order valence-corrected chi connectivity index (χ1v) is 10.6. The second kappa shape index (κ2) is 9.69. The van der Waals surface area contributed by atoms with Crippen molar-refractivity contribution < 1.29 is 18.0 Å². The summed E-state index contributed by atoms with van der Waals surface area (Å²) in [5.74, 6) is -3.05. The summed E-state index contributed by atoms with van der Waals surface area (Å²) in [6, 6.07) is 0. The highest BCUT2D eigenvalue weighted by Gasteiger charge is 2.46. The monoisotopic (exact) mass is 433 g/mol. The number of aromatic nitrogens is 2. The number of hydrogen-bond donors (Lipinski definition) is 0. The first-order chi connectivity index (χ1) is 13.2. The standard InChI is InChI=1S/C19H23ClF3N3OS/c1-4-25(18(27)15(12-28-3)19(21,22)23)16-11-26(24-17(16)20)14-9-5-7-13(2)8-6-10-14/h5-7,9-11,13,15H,4,8,12H2,1-3H3. The highest BCUT2D eigenvalue weighted by molar-refractivity contribution is 7.98. The number of alkyl halides is 3. The minimum Gasteiger partial charge on any atom is -0.308 e. The third-order valence-corrected chi connectivity index (χ3v) is 5.25. The molecule has 0 N–H and O–H groups in total. The molecule has 2 unspecified atom stereocenters. The second-order valence-corrected chi connectivity index (χ2v) is 7.74. The maximum absolute atomic E-state index is 13.3. The van der Waals surface area contributed by atoms with Crippen molar-refractivity contribution >= 4 is 40.7 Å². The van der Waals surface area contributed by atoms with Crippen LogP contribution in [0.3, 0.4) is 0 Å². The minimum absolute atomic E-state index is 0.0195. The van der Waals surface area contributed by atoms with Crippen LogP contribution in [0.4, 0.5) is 18.9 Å². The van der Waals surface area contributed by atoms with Gasteiger partial charge in [-0.15, -0.1) is 0 Å². The number of hydrogen-bond acceptors (Lipinski definition) is 3. The van der Waals surface area contributed by atoms with Crippen LogP contribution in [0.2, 0.25) is 5.15 Å². The van der Waals surface area contributed by atoms with Gasteiger partial charge in [-0.3, -0.25) is 4.79 Å². The van der Waals surface area contributed by atoms with Crippen molar-refractivity contribution in [3.63, 3.8) is 0 Å². The fourth-order valence-electron chi connectivity index (χ4n) is 2.80. The smallest absolute Gasteiger partial charge is 0.308 e. The second-order valence-electron chi connectivity index (χ2n) is 6.47. The van der Waals surface area contributed by atoms with Gasteiger partial charge in [0.2, 0.25) is 5.91 Å². The largest absolute Gasteiger partial charge is 0.401 e. The van der Waals surface area contributed by atoms with E-state index in [0.717, 1.165) is 23.1 Å². The summed E-state index contributed by atoms with van der Waals surface area (Å²) in [4.78, 5) is 13.7. The van der Waals surface area contributed by atoms with Gasteiger partial charge in [0.05, 0.1) is 11.9 Å². The fraction of sp³-hybridized carbons (Fsp3) is 0.474. The van der Waals surface area contributed by atoms with Crippen LogP contribution < -0.4 is 4.90 Å². The van der Waals surface area contributed by atoms with Crippen LogP contribution in [0, 0.1) is 11.8 Å². The van der Waals surface area contributed by atoms with Crippen LogP contribution in [0.15, 0.2) is 36.6 Å². The summed E-state index contributed by atoms with van der Waals surface area (Å²) < 4.78 is 41.5. The van der Waals surface area contributed by atoms with E-state index in [1.807, 2.05) is 30.4 Å². The Morgan fingerprint density at radius 1 is 1.50 bits per heavy atom. The van der Waals surface area contributed by atoms with E-state index in [1.54, 1.807) is 6.92 Å². The highest BCUT2D eigenvalue weighted by atomic mass is 35.5. The molecule has 0 spiro atoms. The summed E-state index contributed by atoms with van der Waals surface area (Å²) in [5, 5.41) is 4.17. The molecule has 28 heavy (non-hydrogen) atoms. The van der Waals surface area contributed by atoms with Crippen molar-refractivity contribution in [3.8, 4) is 0 Å². The Morgan fingerprint density at radius 3 is 2.82 bits per heavy atom. The molecule has 1 aromatic heterocycles. The molecule has 1 amide bonds. The number of thioether (sulfide) groups is 1. The molecular formula is C19H23ClF3N3OS. The SMILES string of the molecule is CCN(C(=O)C(CSC)C(F)(F)F)c1cn(C2=CC=CC(C)CC=C2)nc1Cl. The topological polar surface area (TPSA) is 38.1 Å². The summed E-state index contributed by atoms with van der Waals surface area (Å²) in [6.07, 6.45) is 8.92. The first kappa shape index (κ1) is 22.6. The third-order valence-electron chi connectivity index (χ3n) is 4.32. The van der Waals surface area contributed by atoms with E-state index >= 15 is 0 Å². The molecule has 2 rings (SSSR count). The average molecular weight is 434 g/mol. The molecule has 0 saturated heterocycles. The van der Waals surface area contributed by atoms with E-state index in [4.69, 9.17) is 11.6 Å². The minimum atomic E-state index is -4.62. The van der Waals surface area contributed by atoms with Crippen molar-refractivity contribution in [2.75, 3.05) is 23.5 Å². The van der Waals surface area contributed by atoms with Gasteiger partial charge >= 0.3 is 6.18 Å². The molecule has 154 valence electrons. The van der Waals surface area contributed by atoms with E-state index in [0.29, 0.717) is 11.6 Å². The first-order valence-electron chi connectivity index (χ1n) is 8.86. The van der Waals surface area contributed by atoms with Crippen LogP contribution in [0.1, 0.15) is 20.3 Å². The lowest BCUT2D eigenvalue weighted by Gasteiger charge is -2.26. The summed E-state index contributed by atoms with van der Waals surface area (Å²) >= 11 is 7.17. The van der Waals surface area contributed by atoms with Crippen LogP contribution in [-0.2, 0) is 4.79 Å². The number of anilines is 1. The number of carbonyl (C=O) groups is 1. The molecule has 9 heteroatoms. The number of carbonyl (C=O) groups excluding carboxylic acids is 1. The number of halogens is 4. The van der Waals surface area contributed by atoms with Gasteiger partial charge in [0.1, 0.15) is 11.6 Å². The Labute approximate surface area is 172 Å². The molecule has 1 heterocycles. The molecule has 1 aliphatic rings. The maximum atomic E-state index is 13.3. The van der Waals surface area contributed by atoms with Crippen LogP contribution in [0.25, 0.3) is 5.70 Å². The van der Waals surface area contributed by atoms with Crippen LogP contribution >= 0.6 is 23.4 Å². The molecule has 0 radical (unpaired) electrons. The van der Waals surface area contributed by atoms with Gasteiger partial charge in [-0.25, -0.2) is 4.68 Å². The van der Waals surface area contributed by atoms with Gasteiger partial charge in [-0.05, 0) is 37.7 Å². The predicted octanol–water partition coefficient (Wildman–Crippen LogP) is 5.42. The zero-order valence-corrected chi connectivity index (χ0v) is 17.5. The van der Waals surface area contributed by atoms with Gasteiger partial charge in [0, 0.05) is 12.3 Å². The van der Waals surface area contributed by atoms with Gasteiger partial charge in [-0.1, -0.05) is 36.8 Å². The lowest BCUT2D eigenvalue weighted by Crippen LogP contribution is -2.43. The Bertz CT molecular complexity index is 786. The Hall–Kier alpha value is -1.67. The highest BCUT2D eigenvalue weighted by Crippen LogP contribution is 2.34.